The summed E-state index contributed by atoms with van der Waals surface area (Å²) in [5.41, 5.74) is 5.89. The number of nitrogens with two attached hydrogens (primary N) is 1. The summed E-state index contributed by atoms with van der Waals surface area (Å²) in [5, 5.41) is 1.38. The summed E-state index contributed by atoms with van der Waals surface area (Å²) in [6.45, 7) is 1.17. The molecule has 1 aliphatic heterocycles. The summed E-state index contributed by atoms with van der Waals surface area (Å²) >= 11 is 0. The van der Waals surface area contributed by atoms with Crippen LogP contribution in [0.15, 0.2) is 35.1 Å². The van der Waals surface area contributed by atoms with Crippen molar-refractivity contribution in [2.75, 3.05) is 13.1 Å². The molecule has 1 atom stereocenters. The molecule has 0 bridgehead atoms. The molecule has 1 aromatic heterocycles. The number of piperidine rings is 1. The Balaban J connectivity index is 1.99. The Kier molecular flexibility index (Phi) is 3.75. The molecule has 0 saturated carbocycles. The third kappa shape index (κ3) is 2.56. The van der Waals surface area contributed by atoms with Crippen LogP contribution >= 0.6 is 0 Å². The molecule has 3 rings (SSSR count). The van der Waals surface area contributed by atoms with Crippen LogP contribution in [0, 0.1) is 0 Å². The smallest absolute Gasteiger partial charge is 0.270 e. The SMILES string of the molecule is NCC1CCCCN1C(=O)c1cc2ccccc2c(=O)[nH]1. The number of carbonyl (C=O) groups is 1. The number of fused-ring (bicyclic) bond motifs is 1. The number of carbonyl (C=O) groups excluding carboxylic acids is 1. The number of amides is 1. The van der Waals surface area contributed by atoms with Gasteiger partial charge in [-0.3, -0.25) is 9.59 Å². The highest BCUT2D eigenvalue weighted by atomic mass is 16.2. The van der Waals surface area contributed by atoms with Crippen LogP contribution < -0.4 is 11.3 Å². The van der Waals surface area contributed by atoms with Crippen LogP contribution in [0.5, 0.6) is 0 Å². The predicted octanol–water partition coefficient (Wildman–Crippen LogP) is 1.48. The topological polar surface area (TPSA) is 79.2 Å². The van der Waals surface area contributed by atoms with E-state index >= 15 is 0 Å². The van der Waals surface area contributed by atoms with Crippen molar-refractivity contribution >= 4 is 16.7 Å². The Morgan fingerprint density at radius 1 is 1.33 bits per heavy atom. The zero-order valence-electron chi connectivity index (χ0n) is 11.8. The lowest BCUT2D eigenvalue weighted by atomic mass is 10.0. The van der Waals surface area contributed by atoms with E-state index in [9.17, 15) is 9.59 Å². The maximum absolute atomic E-state index is 12.7. The Hall–Kier alpha value is -2.14. The van der Waals surface area contributed by atoms with Crippen molar-refractivity contribution in [3.8, 4) is 0 Å². The van der Waals surface area contributed by atoms with Gasteiger partial charge in [0.05, 0.1) is 0 Å². The van der Waals surface area contributed by atoms with Gasteiger partial charge in [0.2, 0.25) is 0 Å². The summed E-state index contributed by atoms with van der Waals surface area (Å²) in [6.07, 6.45) is 3.01. The van der Waals surface area contributed by atoms with E-state index in [1.807, 2.05) is 18.2 Å². The van der Waals surface area contributed by atoms with E-state index in [1.165, 1.54) is 0 Å². The van der Waals surface area contributed by atoms with Crippen molar-refractivity contribution < 1.29 is 4.79 Å². The molecule has 5 nitrogen and oxygen atoms in total. The Morgan fingerprint density at radius 3 is 2.95 bits per heavy atom. The third-order valence-electron chi connectivity index (χ3n) is 4.14. The van der Waals surface area contributed by atoms with Crippen molar-refractivity contribution in [3.05, 3.63) is 46.4 Å². The van der Waals surface area contributed by atoms with Crippen molar-refractivity contribution in [1.82, 2.24) is 9.88 Å². The first kappa shape index (κ1) is 13.8. The molecule has 1 aromatic carbocycles. The van der Waals surface area contributed by atoms with Crippen LogP contribution in [-0.2, 0) is 0 Å². The number of aromatic amines is 1. The van der Waals surface area contributed by atoms with Crippen molar-refractivity contribution in [2.45, 2.75) is 25.3 Å². The van der Waals surface area contributed by atoms with Gasteiger partial charge < -0.3 is 15.6 Å². The number of benzene rings is 1. The number of rotatable bonds is 2. The number of pyridine rings is 1. The second kappa shape index (κ2) is 5.69. The summed E-state index contributed by atoms with van der Waals surface area (Å²) < 4.78 is 0. The average Bonchev–Trinajstić information content (AvgIpc) is 2.54. The molecule has 3 N–H and O–H groups in total. The Labute approximate surface area is 122 Å². The van der Waals surface area contributed by atoms with Crippen LogP contribution in [0.1, 0.15) is 29.8 Å². The first-order valence-electron chi connectivity index (χ1n) is 7.34. The summed E-state index contributed by atoms with van der Waals surface area (Å²) in [4.78, 5) is 29.3. The molecule has 1 fully saturated rings. The molecular weight excluding hydrogens is 266 g/mol. The van der Waals surface area contributed by atoms with Crippen LogP contribution in [-0.4, -0.2) is 34.9 Å². The van der Waals surface area contributed by atoms with E-state index in [2.05, 4.69) is 4.98 Å². The largest absolute Gasteiger partial charge is 0.333 e. The summed E-state index contributed by atoms with van der Waals surface area (Å²) in [6, 6.07) is 9.10. The molecule has 1 amide bonds. The van der Waals surface area contributed by atoms with Gasteiger partial charge in [0.25, 0.3) is 11.5 Å². The van der Waals surface area contributed by atoms with Crippen LogP contribution in [0.4, 0.5) is 0 Å². The highest BCUT2D eigenvalue weighted by Gasteiger charge is 2.27. The zero-order chi connectivity index (χ0) is 14.8. The normalized spacial score (nSPS) is 18.9. The molecule has 1 unspecified atom stereocenters. The van der Waals surface area contributed by atoms with Gasteiger partial charge >= 0.3 is 0 Å². The van der Waals surface area contributed by atoms with E-state index in [0.29, 0.717) is 24.2 Å². The highest BCUT2D eigenvalue weighted by molar-refractivity contribution is 5.96. The first-order valence-corrected chi connectivity index (χ1v) is 7.34. The second-order valence-corrected chi connectivity index (χ2v) is 5.48. The van der Waals surface area contributed by atoms with Gasteiger partial charge in [-0.25, -0.2) is 0 Å². The van der Waals surface area contributed by atoms with Gasteiger partial charge in [-0.05, 0) is 36.8 Å². The maximum Gasteiger partial charge on any atom is 0.270 e. The monoisotopic (exact) mass is 285 g/mol. The lowest BCUT2D eigenvalue weighted by Gasteiger charge is -2.34. The number of likely N-dealkylation sites (tertiary alicyclic amines) is 1. The van der Waals surface area contributed by atoms with Crippen LogP contribution in [0.25, 0.3) is 10.8 Å². The molecule has 2 heterocycles. The molecule has 1 aliphatic rings. The maximum atomic E-state index is 12.7. The lowest BCUT2D eigenvalue weighted by molar-refractivity contribution is 0.0617. The molecule has 0 radical (unpaired) electrons. The fourth-order valence-electron chi connectivity index (χ4n) is 2.99. The number of hydrogen-bond donors (Lipinski definition) is 2. The van der Waals surface area contributed by atoms with Gasteiger partial charge in [0.1, 0.15) is 5.69 Å². The van der Waals surface area contributed by atoms with Crippen molar-refractivity contribution in [3.63, 3.8) is 0 Å². The summed E-state index contributed by atoms with van der Waals surface area (Å²) in [5.74, 6) is -0.131. The van der Waals surface area contributed by atoms with Gasteiger partial charge in [-0.1, -0.05) is 18.2 Å². The minimum atomic E-state index is -0.224. The van der Waals surface area contributed by atoms with Gasteiger partial charge in [0.15, 0.2) is 0 Å². The van der Waals surface area contributed by atoms with E-state index in [1.54, 1.807) is 17.0 Å². The first-order chi connectivity index (χ1) is 10.2. The number of hydrogen-bond acceptors (Lipinski definition) is 3. The van der Waals surface area contributed by atoms with Gasteiger partial charge in [-0.2, -0.15) is 0 Å². The lowest BCUT2D eigenvalue weighted by Crippen LogP contribution is -2.47. The molecule has 2 aromatic rings. The molecule has 0 spiro atoms. The fourth-order valence-corrected chi connectivity index (χ4v) is 2.99. The minimum Gasteiger partial charge on any atom is -0.333 e. The predicted molar refractivity (Wildman–Crippen MR) is 82.3 cm³/mol. The fraction of sp³-hybridized carbons (Fsp3) is 0.375. The number of H-pyrrole nitrogens is 1. The van der Waals surface area contributed by atoms with E-state index in [4.69, 9.17) is 5.73 Å². The number of nitrogens with zero attached hydrogens (tertiary/aromatic N) is 1. The summed E-state index contributed by atoms with van der Waals surface area (Å²) in [7, 11) is 0. The second-order valence-electron chi connectivity index (χ2n) is 5.48. The molecule has 110 valence electrons. The minimum absolute atomic E-state index is 0.0706. The third-order valence-corrected chi connectivity index (χ3v) is 4.14. The van der Waals surface area contributed by atoms with E-state index < -0.39 is 0 Å². The van der Waals surface area contributed by atoms with Gasteiger partial charge in [-0.15, -0.1) is 0 Å². The standard InChI is InChI=1S/C16H19N3O2/c17-10-12-6-3-4-8-19(12)16(21)14-9-11-5-1-2-7-13(11)15(20)18-14/h1-2,5,7,9,12H,3-4,6,8,10,17H2,(H,18,20). The Morgan fingerprint density at radius 2 is 2.14 bits per heavy atom. The quantitative estimate of drug-likeness (QED) is 0.877. The number of nitrogens with one attached hydrogen (secondary N) is 1. The molecule has 21 heavy (non-hydrogen) atoms. The highest BCUT2D eigenvalue weighted by Crippen LogP contribution is 2.19. The molecule has 1 saturated heterocycles. The van der Waals surface area contributed by atoms with E-state index in [0.717, 1.165) is 24.6 Å². The van der Waals surface area contributed by atoms with Gasteiger partial charge in [0, 0.05) is 24.5 Å². The molecular formula is C16H19N3O2. The van der Waals surface area contributed by atoms with Crippen LogP contribution in [0.3, 0.4) is 0 Å². The van der Waals surface area contributed by atoms with E-state index in [-0.39, 0.29) is 17.5 Å². The van der Waals surface area contributed by atoms with Crippen LogP contribution in [0.2, 0.25) is 0 Å². The van der Waals surface area contributed by atoms with Crippen molar-refractivity contribution in [1.29, 1.82) is 0 Å². The average molecular weight is 285 g/mol. The zero-order valence-corrected chi connectivity index (χ0v) is 11.8. The Bertz CT molecular complexity index is 723. The van der Waals surface area contributed by atoms with Crippen molar-refractivity contribution in [2.24, 2.45) is 5.73 Å². The molecule has 5 heteroatoms. The number of aromatic nitrogens is 1. The molecule has 0 aliphatic carbocycles.